The number of rotatable bonds is 5. The van der Waals surface area contributed by atoms with E-state index in [4.69, 9.17) is 5.73 Å². The van der Waals surface area contributed by atoms with Crippen molar-refractivity contribution in [2.24, 2.45) is 0 Å². The quantitative estimate of drug-likeness (QED) is 0.595. The molecule has 0 spiro atoms. The summed E-state index contributed by atoms with van der Waals surface area (Å²) >= 11 is 0. The number of aromatic nitrogens is 3. The Labute approximate surface area is 175 Å². The van der Waals surface area contributed by atoms with Crippen LogP contribution in [0, 0.1) is 0 Å². The van der Waals surface area contributed by atoms with Gasteiger partial charge in [-0.2, -0.15) is 0 Å². The van der Waals surface area contributed by atoms with Crippen LogP contribution in [0.15, 0.2) is 55.0 Å². The number of pyridine rings is 1. The van der Waals surface area contributed by atoms with Crippen LogP contribution in [0.3, 0.4) is 0 Å². The van der Waals surface area contributed by atoms with Crippen LogP contribution in [-0.2, 0) is 4.79 Å². The maximum Gasteiger partial charge on any atom is 0.221 e. The lowest BCUT2D eigenvalue weighted by Gasteiger charge is -2.36. The summed E-state index contributed by atoms with van der Waals surface area (Å²) in [4.78, 5) is 28.7. The summed E-state index contributed by atoms with van der Waals surface area (Å²) in [6.45, 7) is 4.75. The second-order valence-electron chi connectivity index (χ2n) is 7.01. The van der Waals surface area contributed by atoms with Gasteiger partial charge in [0.15, 0.2) is 11.6 Å². The van der Waals surface area contributed by atoms with E-state index in [1.807, 2.05) is 48.7 Å². The van der Waals surface area contributed by atoms with Crippen LogP contribution in [0.5, 0.6) is 0 Å². The molecule has 3 aromatic rings. The van der Waals surface area contributed by atoms with Crippen LogP contribution >= 0.6 is 0 Å². The van der Waals surface area contributed by atoms with Gasteiger partial charge in [-0.15, -0.1) is 0 Å². The van der Waals surface area contributed by atoms with Gasteiger partial charge in [0.25, 0.3) is 0 Å². The van der Waals surface area contributed by atoms with Crippen molar-refractivity contribution >= 4 is 40.4 Å². The normalized spacial score (nSPS) is 13.8. The zero-order chi connectivity index (χ0) is 20.9. The Bertz CT molecular complexity index is 1000. The van der Waals surface area contributed by atoms with E-state index in [0.717, 1.165) is 49.2 Å². The number of carbonyl (C=O) groups excluding carboxylic acids is 1. The van der Waals surface area contributed by atoms with Crippen molar-refractivity contribution in [2.75, 3.05) is 52.3 Å². The van der Waals surface area contributed by atoms with Crippen LogP contribution < -0.4 is 26.2 Å². The fraction of sp³-hybridized carbons (Fsp3) is 0.238. The van der Waals surface area contributed by atoms with E-state index in [-0.39, 0.29) is 5.91 Å². The summed E-state index contributed by atoms with van der Waals surface area (Å²) in [5, 5.41) is 5.97. The fourth-order valence-corrected chi connectivity index (χ4v) is 3.40. The van der Waals surface area contributed by atoms with Crippen LogP contribution in [0.2, 0.25) is 0 Å². The van der Waals surface area contributed by atoms with Gasteiger partial charge in [-0.05, 0) is 36.4 Å². The number of piperazine rings is 1. The predicted molar refractivity (Wildman–Crippen MR) is 119 cm³/mol. The largest absolute Gasteiger partial charge is 0.393 e. The number of benzene rings is 1. The Balaban J connectivity index is 1.44. The third kappa shape index (κ3) is 4.40. The van der Waals surface area contributed by atoms with Crippen LogP contribution in [0.25, 0.3) is 0 Å². The summed E-state index contributed by atoms with van der Waals surface area (Å²) in [5.41, 5.74) is 8.45. The summed E-state index contributed by atoms with van der Waals surface area (Å²) < 4.78 is 0. The Morgan fingerprint density at radius 2 is 1.63 bits per heavy atom. The first kappa shape index (κ1) is 19.4. The first-order valence-corrected chi connectivity index (χ1v) is 9.76. The molecule has 9 nitrogen and oxygen atoms in total. The highest BCUT2D eigenvalue weighted by molar-refractivity contribution is 5.89. The van der Waals surface area contributed by atoms with Crippen molar-refractivity contribution in [3.05, 3.63) is 55.0 Å². The smallest absolute Gasteiger partial charge is 0.221 e. The van der Waals surface area contributed by atoms with E-state index in [9.17, 15) is 4.79 Å². The number of amides is 1. The van der Waals surface area contributed by atoms with Crippen LogP contribution in [0.4, 0.5) is 34.5 Å². The third-order valence-electron chi connectivity index (χ3n) is 4.88. The van der Waals surface area contributed by atoms with Gasteiger partial charge in [-0.3, -0.25) is 4.79 Å². The summed E-state index contributed by atoms with van der Waals surface area (Å²) in [6, 6.07) is 13.3. The molecule has 4 N–H and O–H groups in total. The van der Waals surface area contributed by atoms with E-state index >= 15 is 0 Å². The monoisotopic (exact) mass is 404 g/mol. The molecular weight excluding hydrogens is 380 g/mol. The lowest BCUT2D eigenvalue weighted by atomic mass is 10.2. The van der Waals surface area contributed by atoms with E-state index in [1.165, 1.54) is 13.3 Å². The number of hydrogen-bond donors (Lipinski definition) is 3. The molecule has 1 aromatic carbocycles. The third-order valence-corrected chi connectivity index (χ3v) is 4.88. The molecule has 2 aromatic heterocycles. The average Bonchev–Trinajstić information content (AvgIpc) is 2.77. The molecule has 1 fully saturated rings. The maximum atomic E-state index is 11.2. The predicted octanol–water partition coefficient (Wildman–Crippen LogP) is 2.48. The van der Waals surface area contributed by atoms with Crippen molar-refractivity contribution in [3.63, 3.8) is 0 Å². The van der Waals surface area contributed by atoms with E-state index < -0.39 is 0 Å². The zero-order valence-electron chi connectivity index (χ0n) is 16.7. The second kappa shape index (κ2) is 8.64. The molecular formula is C21H24N8O. The maximum absolute atomic E-state index is 11.2. The highest BCUT2D eigenvalue weighted by Crippen LogP contribution is 2.29. The van der Waals surface area contributed by atoms with Gasteiger partial charge in [0.1, 0.15) is 17.8 Å². The molecule has 1 aliphatic rings. The lowest BCUT2D eigenvalue weighted by molar-refractivity contribution is -0.114. The van der Waals surface area contributed by atoms with Gasteiger partial charge in [-0.25, -0.2) is 15.0 Å². The summed E-state index contributed by atoms with van der Waals surface area (Å²) in [6.07, 6.45) is 3.33. The topological polar surface area (TPSA) is 112 Å². The molecule has 0 radical (unpaired) electrons. The number of nitrogen functional groups attached to an aromatic ring is 1. The molecule has 0 atom stereocenters. The van der Waals surface area contributed by atoms with Gasteiger partial charge in [-0.1, -0.05) is 6.07 Å². The Morgan fingerprint density at radius 1 is 0.933 bits per heavy atom. The molecule has 0 saturated carbocycles. The van der Waals surface area contributed by atoms with E-state index in [1.54, 1.807) is 0 Å². The average molecular weight is 404 g/mol. The molecule has 4 rings (SSSR count). The van der Waals surface area contributed by atoms with Crippen molar-refractivity contribution in [3.8, 4) is 0 Å². The molecule has 3 heterocycles. The van der Waals surface area contributed by atoms with Crippen LogP contribution in [-0.4, -0.2) is 47.0 Å². The number of anilines is 6. The van der Waals surface area contributed by atoms with Gasteiger partial charge in [0, 0.05) is 50.7 Å². The highest BCUT2D eigenvalue weighted by atomic mass is 16.1. The first-order valence-electron chi connectivity index (χ1n) is 9.76. The molecule has 1 aliphatic heterocycles. The van der Waals surface area contributed by atoms with Crippen molar-refractivity contribution in [1.82, 2.24) is 15.0 Å². The molecule has 0 unspecified atom stereocenters. The molecule has 1 saturated heterocycles. The minimum atomic E-state index is -0.108. The number of nitrogens with one attached hydrogen (secondary N) is 2. The molecule has 30 heavy (non-hydrogen) atoms. The van der Waals surface area contributed by atoms with Crippen molar-refractivity contribution in [1.29, 1.82) is 0 Å². The number of hydrogen-bond acceptors (Lipinski definition) is 8. The van der Waals surface area contributed by atoms with Gasteiger partial charge < -0.3 is 26.2 Å². The lowest BCUT2D eigenvalue weighted by Crippen LogP contribution is -2.47. The SMILES string of the molecule is CC(=O)Nc1ccc(Nc2ncnc(N3CCN(c4ccccn4)CC3)c2N)cc1. The van der Waals surface area contributed by atoms with Crippen LogP contribution in [0.1, 0.15) is 6.92 Å². The minimum Gasteiger partial charge on any atom is -0.393 e. The van der Waals surface area contributed by atoms with E-state index in [2.05, 4.69) is 35.4 Å². The summed E-state index contributed by atoms with van der Waals surface area (Å²) in [7, 11) is 0. The van der Waals surface area contributed by atoms with Crippen molar-refractivity contribution < 1.29 is 4.79 Å². The standard InChI is InChI=1S/C21H24N8O/c1-15(30)26-16-5-7-17(8-6-16)27-20-19(22)21(25-14-24-20)29-12-10-28(11-13-29)18-4-2-3-9-23-18/h2-9,14H,10-13,22H2,1H3,(H,26,30)(H,24,25,27). The number of nitrogens with two attached hydrogens (primary N) is 1. The van der Waals surface area contributed by atoms with Gasteiger partial charge >= 0.3 is 0 Å². The first-order chi connectivity index (χ1) is 14.6. The molecule has 9 heteroatoms. The molecule has 0 bridgehead atoms. The Hall–Kier alpha value is -3.88. The molecule has 1 amide bonds. The second-order valence-corrected chi connectivity index (χ2v) is 7.01. The molecule has 0 aliphatic carbocycles. The number of nitrogens with zero attached hydrogens (tertiary/aromatic N) is 5. The van der Waals surface area contributed by atoms with E-state index in [0.29, 0.717) is 11.5 Å². The zero-order valence-corrected chi connectivity index (χ0v) is 16.7. The summed E-state index contributed by atoms with van der Waals surface area (Å²) in [5.74, 6) is 2.16. The van der Waals surface area contributed by atoms with Crippen molar-refractivity contribution in [2.45, 2.75) is 6.92 Å². The Kier molecular flexibility index (Phi) is 5.60. The Morgan fingerprint density at radius 3 is 2.30 bits per heavy atom. The number of carbonyl (C=O) groups is 1. The molecule has 154 valence electrons. The minimum absolute atomic E-state index is 0.108. The van der Waals surface area contributed by atoms with Gasteiger partial charge in [0.2, 0.25) is 5.91 Å². The van der Waals surface area contributed by atoms with Gasteiger partial charge in [0.05, 0.1) is 0 Å². The fourth-order valence-electron chi connectivity index (χ4n) is 3.40. The highest BCUT2D eigenvalue weighted by Gasteiger charge is 2.22.